The van der Waals surface area contributed by atoms with Crippen LogP contribution in [0.3, 0.4) is 0 Å². The minimum atomic E-state index is 0.00707. The zero-order valence-corrected chi connectivity index (χ0v) is 25.1. The van der Waals surface area contributed by atoms with Crippen molar-refractivity contribution in [2.75, 3.05) is 27.2 Å². The summed E-state index contributed by atoms with van der Waals surface area (Å²) in [6.45, 7) is 11.8. The third kappa shape index (κ3) is 5.43. The Kier molecular flexibility index (Phi) is 7.02. The lowest BCUT2D eigenvalue weighted by molar-refractivity contribution is 0.0827. The maximum absolute atomic E-state index is 12.5. The molecule has 2 aliphatic rings. The van der Waals surface area contributed by atoms with Crippen LogP contribution in [0, 0.1) is 13.8 Å². The van der Waals surface area contributed by atoms with Gasteiger partial charge in [-0.05, 0) is 99.4 Å². The molecule has 2 aliphatic heterocycles. The highest BCUT2D eigenvalue weighted by molar-refractivity contribution is 5.97. The third-order valence-corrected chi connectivity index (χ3v) is 8.69. The number of aromatic amines is 1. The van der Waals surface area contributed by atoms with Crippen LogP contribution in [0.4, 0.5) is 0 Å². The highest BCUT2D eigenvalue weighted by Gasteiger charge is 2.25. The normalized spacial score (nSPS) is 16.6. The summed E-state index contributed by atoms with van der Waals surface area (Å²) in [5.74, 6) is 0.00707. The van der Waals surface area contributed by atoms with Gasteiger partial charge in [-0.1, -0.05) is 12.1 Å². The lowest BCUT2D eigenvalue weighted by atomic mass is 9.92. The molecule has 0 radical (unpaired) electrons. The van der Waals surface area contributed by atoms with Crippen molar-refractivity contribution in [1.82, 2.24) is 24.8 Å². The Hall–Kier alpha value is -3.84. The first-order valence-corrected chi connectivity index (χ1v) is 14.7. The molecule has 4 heterocycles. The number of carbonyl (C=O) groups excluding carboxylic acids is 1. The minimum Gasteiger partial charge on any atom is -0.345 e. The Morgan fingerprint density at radius 2 is 1.88 bits per heavy atom. The molecule has 0 fully saturated rings. The lowest BCUT2D eigenvalue weighted by Gasteiger charge is -2.30. The number of nitrogens with one attached hydrogen (secondary N) is 1. The molecule has 7 nitrogen and oxygen atoms in total. The Morgan fingerprint density at radius 3 is 2.61 bits per heavy atom. The van der Waals surface area contributed by atoms with E-state index >= 15 is 0 Å². The van der Waals surface area contributed by atoms with Crippen LogP contribution in [0.15, 0.2) is 47.7 Å². The number of H-pyrrole nitrogens is 1. The van der Waals surface area contributed by atoms with Crippen LogP contribution >= 0.6 is 0 Å². The topological polar surface area (TPSA) is 77.5 Å². The second-order valence-electron chi connectivity index (χ2n) is 12.6. The van der Waals surface area contributed by atoms with Crippen molar-refractivity contribution in [3.63, 3.8) is 0 Å². The Labute approximate surface area is 242 Å². The molecule has 1 N–H and O–H groups in total. The molecular weight excluding hydrogens is 508 g/mol. The van der Waals surface area contributed by atoms with Gasteiger partial charge >= 0.3 is 0 Å². The van der Waals surface area contributed by atoms with E-state index in [1.165, 1.54) is 28.8 Å². The molecule has 0 saturated carbocycles. The van der Waals surface area contributed by atoms with Crippen LogP contribution < -0.4 is 0 Å². The molecule has 2 aromatic carbocycles. The zero-order valence-electron chi connectivity index (χ0n) is 25.1. The standard InChI is InChI=1S/C34H40N6O/c1-21-16-24(17-25-20-40(14-11-27(21)25)13-10-26-9-12-34(3,4)38-26)30-19-36-32-31(37-30)29(18-35-32)23-7-8-28(22(2)15-23)33(41)39(5)6/h7-8,15-19H,9-14,20H2,1-6H3,(H,35,36). The molecule has 41 heavy (non-hydrogen) atoms. The number of amides is 1. The minimum absolute atomic E-state index is 0.00707. The number of hydrogen-bond acceptors (Lipinski definition) is 5. The number of fused-ring (bicyclic) bond motifs is 2. The first-order chi connectivity index (χ1) is 19.6. The molecule has 212 valence electrons. The summed E-state index contributed by atoms with van der Waals surface area (Å²) in [5.41, 5.74) is 12.9. The number of aryl methyl sites for hydroxylation is 2. The molecule has 4 aromatic rings. The van der Waals surface area contributed by atoms with E-state index in [0.717, 1.165) is 78.0 Å². The largest absolute Gasteiger partial charge is 0.345 e. The maximum Gasteiger partial charge on any atom is 0.253 e. The van der Waals surface area contributed by atoms with E-state index in [0.29, 0.717) is 5.56 Å². The Bertz CT molecular complexity index is 1680. The van der Waals surface area contributed by atoms with Gasteiger partial charge in [-0.2, -0.15) is 0 Å². The summed E-state index contributed by atoms with van der Waals surface area (Å²) < 4.78 is 0. The maximum atomic E-state index is 12.5. The fourth-order valence-corrected chi connectivity index (χ4v) is 6.34. The van der Waals surface area contributed by atoms with Crippen LogP contribution in [-0.2, 0) is 13.0 Å². The number of aromatic nitrogens is 3. The van der Waals surface area contributed by atoms with Gasteiger partial charge < -0.3 is 9.88 Å². The number of carbonyl (C=O) groups is 1. The summed E-state index contributed by atoms with van der Waals surface area (Å²) in [7, 11) is 3.55. The molecule has 0 saturated heterocycles. The van der Waals surface area contributed by atoms with E-state index < -0.39 is 0 Å². The van der Waals surface area contributed by atoms with Gasteiger partial charge in [0.1, 0.15) is 5.52 Å². The SMILES string of the molecule is Cc1cc(-c2c[nH]c3ncc(-c4cc(C)c5c(c4)CN(CCC4=NC(C)(C)CC4)CC5)nc23)ccc1C(=O)N(C)C. The molecule has 7 heteroatoms. The fraction of sp³-hybridized carbons (Fsp3) is 0.412. The van der Waals surface area contributed by atoms with Crippen molar-refractivity contribution >= 4 is 22.8 Å². The predicted octanol–water partition coefficient (Wildman–Crippen LogP) is 6.37. The van der Waals surface area contributed by atoms with E-state index in [1.807, 2.05) is 31.5 Å². The van der Waals surface area contributed by atoms with Crippen LogP contribution in [0.1, 0.15) is 65.7 Å². The van der Waals surface area contributed by atoms with Crippen LogP contribution in [0.5, 0.6) is 0 Å². The lowest BCUT2D eigenvalue weighted by Crippen LogP contribution is -2.32. The van der Waals surface area contributed by atoms with Gasteiger partial charge in [-0.3, -0.25) is 14.7 Å². The third-order valence-electron chi connectivity index (χ3n) is 8.69. The second-order valence-corrected chi connectivity index (χ2v) is 12.6. The molecule has 1 amide bonds. The van der Waals surface area contributed by atoms with Crippen molar-refractivity contribution in [3.05, 3.63) is 70.5 Å². The molecule has 0 spiro atoms. The van der Waals surface area contributed by atoms with Gasteiger partial charge in [0.15, 0.2) is 5.65 Å². The molecule has 6 rings (SSSR count). The van der Waals surface area contributed by atoms with Gasteiger partial charge in [0, 0.05) is 62.3 Å². The summed E-state index contributed by atoms with van der Waals surface area (Å²) in [4.78, 5) is 34.8. The number of nitrogens with zero attached hydrogens (tertiary/aromatic N) is 5. The van der Waals surface area contributed by atoms with Gasteiger partial charge in [0.2, 0.25) is 0 Å². The molecule has 0 bridgehead atoms. The molecule has 2 aromatic heterocycles. The van der Waals surface area contributed by atoms with Gasteiger partial charge in [0.05, 0.1) is 17.4 Å². The summed E-state index contributed by atoms with van der Waals surface area (Å²) >= 11 is 0. The van der Waals surface area contributed by atoms with E-state index in [1.54, 1.807) is 19.0 Å². The highest BCUT2D eigenvalue weighted by Crippen LogP contribution is 2.33. The molecule has 0 unspecified atom stereocenters. The smallest absolute Gasteiger partial charge is 0.253 e. The van der Waals surface area contributed by atoms with Crippen LogP contribution in [0.25, 0.3) is 33.5 Å². The summed E-state index contributed by atoms with van der Waals surface area (Å²) in [6, 6.07) is 10.5. The van der Waals surface area contributed by atoms with Crippen molar-refractivity contribution in [1.29, 1.82) is 0 Å². The summed E-state index contributed by atoms with van der Waals surface area (Å²) in [5, 5.41) is 0. The summed E-state index contributed by atoms with van der Waals surface area (Å²) in [6.07, 6.45) is 8.29. The van der Waals surface area contributed by atoms with Gasteiger partial charge in [-0.25, -0.2) is 9.97 Å². The van der Waals surface area contributed by atoms with Crippen molar-refractivity contribution < 1.29 is 4.79 Å². The number of rotatable bonds is 6. The van der Waals surface area contributed by atoms with Crippen molar-refractivity contribution in [2.24, 2.45) is 4.99 Å². The Balaban J connectivity index is 1.27. The average molecular weight is 549 g/mol. The number of hydrogen-bond donors (Lipinski definition) is 1. The van der Waals surface area contributed by atoms with Gasteiger partial charge in [-0.15, -0.1) is 0 Å². The predicted molar refractivity (Wildman–Crippen MR) is 167 cm³/mol. The van der Waals surface area contributed by atoms with Crippen molar-refractivity contribution in [2.45, 2.75) is 65.5 Å². The van der Waals surface area contributed by atoms with Crippen LogP contribution in [-0.4, -0.2) is 69.1 Å². The fourth-order valence-electron chi connectivity index (χ4n) is 6.34. The van der Waals surface area contributed by atoms with E-state index in [4.69, 9.17) is 15.0 Å². The van der Waals surface area contributed by atoms with E-state index in [9.17, 15) is 4.79 Å². The number of aliphatic imine (C=N–C) groups is 1. The first-order valence-electron chi connectivity index (χ1n) is 14.7. The molecule has 0 atom stereocenters. The van der Waals surface area contributed by atoms with E-state index in [-0.39, 0.29) is 11.4 Å². The number of benzene rings is 2. The first kappa shape index (κ1) is 27.3. The second kappa shape index (κ2) is 10.5. The average Bonchev–Trinajstić information content (AvgIpc) is 3.53. The quantitative estimate of drug-likeness (QED) is 0.304. The van der Waals surface area contributed by atoms with E-state index in [2.05, 4.69) is 48.9 Å². The van der Waals surface area contributed by atoms with Crippen LogP contribution in [0.2, 0.25) is 0 Å². The molecule has 0 aliphatic carbocycles. The van der Waals surface area contributed by atoms with Gasteiger partial charge in [0.25, 0.3) is 5.91 Å². The molecular formula is C34H40N6O. The Morgan fingerprint density at radius 1 is 1.07 bits per heavy atom. The highest BCUT2D eigenvalue weighted by atomic mass is 16.2. The van der Waals surface area contributed by atoms with Crippen molar-refractivity contribution in [3.8, 4) is 22.4 Å². The zero-order chi connectivity index (χ0) is 28.9. The monoisotopic (exact) mass is 548 g/mol.